The lowest BCUT2D eigenvalue weighted by molar-refractivity contribution is 0.254. The van der Waals surface area contributed by atoms with Crippen LogP contribution in [0.4, 0.5) is 8.78 Å². The van der Waals surface area contributed by atoms with E-state index in [1.807, 2.05) is 0 Å². The molecule has 0 fully saturated rings. The topological polar surface area (TPSA) is 20.2 Å². The van der Waals surface area contributed by atoms with Crippen LogP contribution >= 0.6 is 33.9 Å². The molecule has 0 bridgehead atoms. The van der Waals surface area contributed by atoms with Crippen molar-refractivity contribution in [2.24, 2.45) is 0 Å². The lowest BCUT2D eigenvalue weighted by Crippen LogP contribution is -1.97. The fraction of sp³-hybridized carbons (Fsp3) is 0.125. The summed E-state index contributed by atoms with van der Waals surface area (Å²) in [5, 5.41) is 8.92. The normalized spacial score (nSPS) is 12.8. The Morgan fingerprint density at radius 2 is 1.85 bits per heavy atom. The van der Waals surface area contributed by atoms with E-state index < -0.39 is 5.76 Å². The lowest BCUT2D eigenvalue weighted by Gasteiger charge is -1.99. The second kappa shape index (κ2) is 5.02. The van der Waals surface area contributed by atoms with Crippen molar-refractivity contribution in [1.82, 2.24) is 0 Å². The molecule has 13 heavy (non-hydrogen) atoms. The van der Waals surface area contributed by atoms with Gasteiger partial charge < -0.3 is 5.11 Å². The van der Waals surface area contributed by atoms with Crippen molar-refractivity contribution in [3.8, 4) is 0 Å². The molecule has 1 nitrogen and oxygen atoms in total. The van der Waals surface area contributed by atoms with Gasteiger partial charge in [0, 0.05) is 9.13 Å². The SMILES string of the molecule is OC(=[SH]C(F)F)c1ccc(I)cc1. The highest BCUT2D eigenvalue weighted by atomic mass is 127. The molecule has 0 saturated heterocycles. The van der Waals surface area contributed by atoms with Gasteiger partial charge in [0.15, 0.2) is 0 Å². The number of alkyl halides is 2. The molecule has 0 saturated carbocycles. The average molecular weight is 316 g/mol. The van der Waals surface area contributed by atoms with Gasteiger partial charge in [-0.1, -0.05) is 12.1 Å². The first-order valence-electron chi connectivity index (χ1n) is 3.40. The van der Waals surface area contributed by atoms with Gasteiger partial charge in [-0.2, -0.15) is 8.78 Å². The molecule has 5 heteroatoms. The predicted octanol–water partition coefficient (Wildman–Crippen LogP) is 3.02. The van der Waals surface area contributed by atoms with Gasteiger partial charge in [0.25, 0.3) is 5.76 Å². The largest absolute Gasteiger partial charge is 0.355 e. The first kappa shape index (κ1) is 11.1. The van der Waals surface area contributed by atoms with Crippen LogP contribution in [-0.2, 0) is 0 Å². The molecule has 1 aromatic carbocycles. The summed E-state index contributed by atoms with van der Waals surface area (Å²) in [4.78, 5) is 0. The molecule has 0 aliphatic rings. The molecular weight excluding hydrogens is 309 g/mol. The van der Waals surface area contributed by atoms with Gasteiger partial charge in [-0.05, 0) is 34.7 Å². The number of aliphatic hydroxyl groups excluding tert-OH is 1. The molecular formula is C8H7F2IOS. The molecule has 1 aromatic rings. The maximum atomic E-state index is 11.9. The number of hydrogen-bond acceptors (Lipinski definition) is 0. The van der Waals surface area contributed by atoms with Gasteiger partial charge >= 0.3 is 0 Å². The van der Waals surface area contributed by atoms with Gasteiger partial charge in [0.05, 0.1) is 0 Å². The van der Waals surface area contributed by atoms with E-state index in [1.54, 1.807) is 24.3 Å². The predicted molar refractivity (Wildman–Crippen MR) is 60.9 cm³/mol. The molecule has 0 unspecified atom stereocenters. The fourth-order valence-electron chi connectivity index (χ4n) is 0.766. The standard InChI is InChI=1S/C8H7F2IOS/c9-8(10)13-7(12)5-1-3-6(11)4-2-5/h1-4,8,12-13H. The number of thiol groups is 1. The van der Waals surface area contributed by atoms with Crippen molar-refractivity contribution in [3.05, 3.63) is 33.4 Å². The summed E-state index contributed by atoms with van der Waals surface area (Å²) in [6.45, 7) is 0. The molecule has 1 rings (SSSR count). The third kappa shape index (κ3) is 3.70. The van der Waals surface area contributed by atoms with Crippen molar-refractivity contribution in [2.45, 2.75) is 5.76 Å². The summed E-state index contributed by atoms with van der Waals surface area (Å²) in [6, 6.07) is 6.75. The van der Waals surface area contributed by atoms with Crippen molar-refractivity contribution in [2.75, 3.05) is 0 Å². The highest BCUT2D eigenvalue weighted by molar-refractivity contribution is 14.1. The monoisotopic (exact) mass is 316 g/mol. The minimum Gasteiger partial charge on any atom is -0.355 e. The van der Waals surface area contributed by atoms with Crippen molar-refractivity contribution >= 4 is 39.0 Å². The third-order valence-electron chi connectivity index (χ3n) is 1.32. The first-order chi connectivity index (χ1) is 6.09. The van der Waals surface area contributed by atoms with Crippen LogP contribution in [0.3, 0.4) is 0 Å². The minimum atomic E-state index is -2.53. The van der Waals surface area contributed by atoms with Crippen molar-refractivity contribution in [1.29, 1.82) is 0 Å². The Morgan fingerprint density at radius 3 is 2.31 bits per heavy atom. The average Bonchev–Trinajstić information content (AvgIpc) is 2.04. The zero-order chi connectivity index (χ0) is 9.84. The van der Waals surface area contributed by atoms with Crippen LogP contribution in [0.25, 0.3) is 0 Å². The van der Waals surface area contributed by atoms with Gasteiger partial charge in [0.1, 0.15) is 5.05 Å². The second-order valence-electron chi connectivity index (χ2n) is 2.24. The van der Waals surface area contributed by atoms with Crippen LogP contribution < -0.4 is 0 Å². The van der Waals surface area contributed by atoms with Crippen LogP contribution in [0, 0.1) is 3.57 Å². The Balaban J connectivity index is 2.89. The Kier molecular flexibility index (Phi) is 4.27. The molecule has 72 valence electrons. The Labute approximate surface area is 91.9 Å². The molecule has 0 heterocycles. The summed E-state index contributed by atoms with van der Waals surface area (Å²) in [5.74, 6) is -2.53. The number of aliphatic hydroxyl groups is 1. The van der Waals surface area contributed by atoms with Gasteiger partial charge in [-0.25, -0.2) is 0 Å². The Hall–Kier alpha value is -0.0100. The summed E-state index contributed by atoms with van der Waals surface area (Å²) < 4.78 is 24.7. The van der Waals surface area contributed by atoms with Crippen molar-refractivity contribution < 1.29 is 13.9 Å². The van der Waals surface area contributed by atoms with Gasteiger partial charge in [-0.3, -0.25) is 0 Å². The molecule has 0 aliphatic heterocycles. The molecule has 0 aromatic heterocycles. The van der Waals surface area contributed by atoms with Crippen LogP contribution in [0.1, 0.15) is 5.56 Å². The maximum absolute atomic E-state index is 11.9. The van der Waals surface area contributed by atoms with E-state index in [9.17, 15) is 13.9 Å². The number of hydrogen-bond donors (Lipinski definition) is 2. The second-order valence-corrected chi connectivity index (χ2v) is 4.56. The molecule has 1 N–H and O–H groups in total. The van der Waals surface area contributed by atoms with Gasteiger partial charge in [-0.15, -0.1) is 11.4 Å². The first-order valence-corrected chi connectivity index (χ1v) is 5.44. The summed E-state index contributed by atoms with van der Waals surface area (Å²) >= 11 is 1.77. The van der Waals surface area contributed by atoms with Gasteiger partial charge in [0.2, 0.25) is 0 Å². The number of rotatable bonds is 2. The summed E-state index contributed by atoms with van der Waals surface area (Å²) in [5.41, 5.74) is 0.447. The number of benzene rings is 1. The van der Waals surface area contributed by atoms with E-state index in [1.165, 1.54) is 0 Å². The fourth-order valence-corrected chi connectivity index (χ4v) is 1.61. The van der Waals surface area contributed by atoms with E-state index in [0.717, 1.165) is 3.57 Å². The quantitative estimate of drug-likeness (QED) is 0.488. The molecule has 0 amide bonds. The maximum Gasteiger partial charge on any atom is 0.279 e. The highest BCUT2D eigenvalue weighted by Crippen LogP contribution is 2.12. The lowest BCUT2D eigenvalue weighted by atomic mass is 10.2. The van der Waals surface area contributed by atoms with E-state index in [0.29, 0.717) is 5.56 Å². The molecule has 0 spiro atoms. The van der Waals surface area contributed by atoms with E-state index in [4.69, 9.17) is 0 Å². The molecule has 0 atom stereocenters. The molecule has 0 radical (unpaired) electrons. The zero-order valence-corrected chi connectivity index (χ0v) is 9.47. The van der Waals surface area contributed by atoms with E-state index in [2.05, 4.69) is 22.6 Å². The van der Waals surface area contributed by atoms with E-state index >= 15 is 0 Å². The molecule has 0 aliphatic carbocycles. The number of halogens is 3. The summed E-state index contributed by atoms with van der Waals surface area (Å²) in [7, 11) is 0. The van der Waals surface area contributed by atoms with E-state index in [-0.39, 0.29) is 16.4 Å². The third-order valence-corrected chi connectivity index (χ3v) is 2.74. The zero-order valence-electron chi connectivity index (χ0n) is 6.42. The Bertz CT molecular complexity index is 310. The summed E-state index contributed by atoms with van der Waals surface area (Å²) in [6.07, 6.45) is 0. The Morgan fingerprint density at radius 1 is 1.31 bits per heavy atom. The van der Waals surface area contributed by atoms with Crippen molar-refractivity contribution in [3.63, 3.8) is 0 Å². The highest BCUT2D eigenvalue weighted by Gasteiger charge is 2.01. The van der Waals surface area contributed by atoms with Crippen LogP contribution in [0.2, 0.25) is 0 Å². The smallest absolute Gasteiger partial charge is 0.279 e. The van der Waals surface area contributed by atoms with Crippen LogP contribution in [0.15, 0.2) is 24.3 Å². The minimum absolute atomic E-state index is 0.286. The van der Waals surface area contributed by atoms with Crippen LogP contribution in [0.5, 0.6) is 0 Å². The van der Waals surface area contributed by atoms with Crippen LogP contribution in [-0.4, -0.2) is 15.9 Å².